The van der Waals surface area contributed by atoms with Crippen LogP contribution >= 0.6 is 0 Å². The van der Waals surface area contributed by atoms with E-state index in [0.717, 1.165) is 19.6 Å². The topological polar surface area (TPSA) is 15.6 Å². The summed E-state index contributed by atoms with van der Waals surface area (Å²) in [5.74, 6) is 1.66. The van der Waals surface area contributed by atoms with Gasteiger partial charge in [0.15, 0.2) is 0 Å². The van der Waals surface area contributed by atoms with Crippen molar-refractivity contribution in [1.82, 2.24) is 4.90 Å². The van der Waals surface area contributed by atoms with Crippen LogP contribution in [0.5, 0.6) is 0 Å². The molecule has 19 heavy (non-hydrogen) atoms. The van der Waals surface area contributed by atoms with Crippen LogP contribution in [0.2, 0.25) is 0 Å². The molecule has 2 aromatic rings. The summed E-state index contributed by atoms with van der Waals surface area (Å²) in [7, 11) is 0. The number of hydrogen-bond acceptors (Lipinski definition) is 2. The number of aliphatic imine (C=N–C) groups is 1. The third-order valence-corrected chi connectivity index (χ3v) is 4.11. The van der Waals surface area contributed by atoms with E-state index in [4.69, 9.17) is 0 Å². The van der Waals surface area contributed by atoms with Gasteiger partial charge in [0, 0.05) is 24.6 Å². The Bertz CT molecular complexity index is 631. The Balaban J connectivity index is 1.87. The van der Waals surface area contributed by atoms with Crippen LogP contribution in [-0.2, 0) is 0 Å². The van der Waals surface area contributed by atoms with Crippen LogP contribution in [0, 0.1) is 0 Å². The fourth-order valence-electron chi connectivity index (χ4n) is 3.21. The lowest BCUT2D eigenvalue weighted by Gasteiger charge is -2.34. The minimum absolute atomic E-state index is 0.467. The fraction of sp³-hybridized carbons (Fsp3) is 0.235. The quantitative estimate of drug-likeness (QED) is 0.757. The predicted octanol–water partition coefficient (Wildman–Crippen LogP) is 2.89. The Morgan fingerprint density at radius 3 is 2.63 bits per heavy atom. The standard InChI is InChI=1S/C17H16N2/c1-2-6-13(7-3-1)16-12-19-11-10-18-17(19)15-9-5-4-8-14(15)16/h1-9,16H,10-12H2. The average molecular weight is 248 g/mol. The Morgan fingerprint density at radius 1 is 0.947 bits per heavy atom. The maximum Gasteiger partial charge on any atom is 0.131 e. The molecule has 2 nitrogen and oxygen atoms in total. The van der Waals surface area contributed by atoms with E-state index in [1.807, 2.05) is 0 Å². The molecular formula is C17H16N2. The van der Waals surface area contributed by atoms with Crippen LogP contribution < -0.4 is 0 Å². The second-order valence-electron chi connectivity index (χ2n) is 5.20. The molecule has 0 radical (unpaired) electrons. The van der Waals surface area contributed by atoms with Gasteiger partial charge in [0.25, 0.3) is 0 Å². The number of amidine groups is 1. The molecule has 4 rings (SSSR count). The van der Waals surface area contributed by atoms with E-state index in [0.29, 0.717) is 5.92 Å². The van der Waals surface area contributed by atoms with Crippen molar-refractivity contribution < 1.29 is 0 Å². The van der Waals surface area contributed by atoms with Gasteiger partial charge >= 0.3 is 0 Å². The highest BCUT2D eigenvalue weighted by atomic mass is 15.2. The molecule has 2 heteroatoms. The van der Waals surface area contributed by atoms with Crippen LogP contribution in [0.3, 0.4) is 0 Å². The first-order valence-corrected chi connectivity index (χ1v) is 6.87. The molecule has 0 spiro atoms. The van der Waals surface area contributed by atoms with E-state index in [1.54, 1.807) is 0 Å². The van der Waals surface area contributed by atoms with E-state index in [-0.39, 0.29) is 0 Å². The molecule has 0 N–H and O–H groups in total. The van der Waals surface area contributed by atoms with Crippen LogP contribution in [0.15, 0.2) is 59.6 Å². The van der Waals surface area contributed by atoms with Crippen molar-refractivity contribution in [2.24, 2.45) is 4.99 Å². The van der Waals surface area contributed by atoms with Crippen LogP contribution in [0.25, 0.3) is 0 Å². The van der Waals surface area contributed by atoms with E-state index >= 15 is 0 Å². The Morgan fingerprint density at radius 2 is 1.74 bits per heavy atom. The van der Waals surface area contributed by atoms with Crippen molar-refractivity contribution >= 4 is 5.84 Å². The maximum atomic E-state index is 4.67. The Hall–Kier alpha value is -2.09. The molecule has 1 atom stereocenters. The van der Waals surface area contributed by atoms with Gasteiger partial charge in [-0.3, -0.25) is 4.99 Å². The summed E-state index contributed by atoms with van der Waals surface area (Å²) in [6, 6.07) is 19.5. The van der Waals surface area contributed by atoms with Gasteiger partial charge in [-0.15, -0.1) is 0 Å². The first kappa shape index (κ1) is 10.8. The van der Waals surface area contributed by atoms with Crippen LogP contribution in [-0.4, -0.2) is 30.4 Å². The molecule has 2 aromatic carbocycles. The molecule has 0 amide bonds. The molecule has 0 saturated carbocycles. The smallest absolute Gasteiger partial charge is 0.131 e. The SMILES string of the molecule is c1ccc(C2CN3CCN=C3c3ccccc32)cc1. The number of hydrogen-bond donors (Lipinski definition) is 0. The lowest BCUT2D eigenvalue weighted by molar-refractivity contribution is 0.426. The third-order valence-electron chi connectivity index (χ3n) is 4.11. The summed E-state index contributed by atoms with van der Waals surface area (Å²) in [6.45, 7) is 3.05. The zero-order valence-electron chi connectivity index (χ0n) is 10.8. The largest absolute Gasteiger partial charge is 0.354 e. The normalized spacial score (nSPS) is 20.7. The molecule has 0 bridgehead atoms. The van der Waals surface area contributed by atoms with Gasteiger partial charge in [-0.05, 0) is 11.1 Å². The van der Waals surface area contributed by atoms with Gasteiger partial charge < -0.3 is 4.90 Å². The third kappa shape index (κ3) is 1.67. The molecule has 1 unspecified atom stereocenters. The van der Waals surface area contributed by atoms with Gasteiger partial charge in [0.05, 0.1) is 6.54 Å². The van der Waals surface area contributed by atoms with Crippen molar-refractivity contribution in [3.63, 3.8) is 0 Å². The highest BCUT2D eigenvalue weighted by Gasteiger charge is 2.31. The van der Waals surface area contributed by atoms with Crippen molar-refractivity contribution in [2.75, 3.05) is 19.6 Å². The summed E-state index contributed by atoms with van der Waals surface area (Å²) in [5, 5.41) is 0. The molecule has 2 heterocycles. The van der Waals surface area contributed by atoms with Gasteiger partial charge in [0.1, 0.15) is 5.84 Å². The van der Waals surface area contributed by atoms with Crippen molar-refractivity contribution in [3.05, 3.63) is 71.3 Å². The number of fused-ring (bicyclic) bond motifs is 3. The molecular weight excluding hydrogens is 232 g/mol. The zero-order chi connectivity index (χ0) is 12.7. The average Bonchev–Trinajstić information content (AvgIpc) is 2.96. The Labute approximate surface area is 113 Å². The van der Waals surface area contributed by atoms with Crippen LogP contribution in [0.4, 0.5) is 0 Å². The highest BCUT2D eigenvalue weighted by molar-refractivity contribution is 6.02. The fourth-order valence-corrected chi connectivity index (χ4v) is 3.21. The lowest BCUT2D eigenvalue weighted by Crippen LogP contribution is -2.38. The molecule has 2 aliphatic rings. The van der Waals surface area contributed by atoms with Gasteiger partial charge in [-0.25, -0.2) is 0 Å². The second-order valence-corrected chi connectivity index (χ2v) is 5.20. The molecule has 94 valence electrons. The number of benzene rings is 2. The summed E-state index contributed by atoms with van der Waals surface area (Å²) in [4.78, 5) is 7.10. The molecule has 0 aliphatic carbocycles. The minimum Gasteiger partial charge on any atom is -0.354 e. The van der Waals surface area contributed by atoms with E-state index in [2.05, 4.69) is 64.5 Å². The van der Waals surface area contributed by atoms with E-state index < -0.39 is 0 Å². The van der Waals surface area contributed by atoms with Gasteiger partial charge in [-0.2, -0.15) is 0 Å². The predicted molar refractivity (Wildman–Crippen MR) is 77.7 cm³/mol. The summed E-state index contributed by atoms with van der Waals surface area (Å²) in [5.41, 5.74) is 4.15. The van der Waals surface area contributed by atoms with E-state index in [9.17, 15) is 0 Å². The zero-order valence-corrected chi connectivity index (χ0v) is 10.8. The van der Waals surface area contributed by atoms with Crippen molar-refractivity contribution in [2.45, 2.75) is 5.92 Å². The maximum absolute atomic E-state index is 4.67. The lowest BCUT2D eigenvalue weighted by atomic mass is 9.84. The molecule has 0 fully saturated rings. The molecule has 0 aromatic heterocycles. The van der Waals surface area contributed by atoms with Gasteiger partial charge in [-0.1, -0.05) is 54.6 Å². The molecule has 0 saturated heterocycles. The first-order chi connectivity index (χ1) is 9.43. The second kappa shape index (κ2) is 4.23. The van der Waals surface area contributed by atoms with E-state index in [1.165, 1.54) is 22.5 Å². The monoisotopic (exact) mass is 248 g/mol. The molecule has 2 aliphatic heterocycles. The van der Waals surface area contributed by atoms with Crippen LogP contribution in [0.1, 0.15) is 22.6 Å². The van der Waals surface area contributed by atoms with Crippen molar-refractivity contribution in [3.8, 4) is 0 Å². The first-order valence-electron chi connectivity index (χ1n) is 6.87. The number of nitrogens with zero attached hydrogens (tertiary/aromatic N) is 2. The Kier molecular flexibility index (Phi) is 2.41. The summed E-state index contributed by atoms with van der Waals surface area (Å²) in [6.07, 6.45) is 0. The summed E-state index contributed by atoms with van der Waals surface area (Å²) >= 11 is 0. The van der Waals surface area contributed by atoms with Gasteiger partial charge in [0.2, 0.25) is 0 Å². The van der Waals surface area contributed by atoms with Crippen molar-refractivity contribution in [1.29, 1.82) is 0 Å². The minimum atomic E-state index is 0.467. The highest BCUT2D eigenvalue weighted by Crippen LogP contribution is 2.34. The summed E-state index contributed by atoms with van der Waals surface area (Å²) < 4.78 is 0. The number of rotatable bonds is 1.